The van der Waals surface area contributed by atoms with Crippen molar-refractivity contribution in [3.05, 3.63) is 21.9 Å². The quantitative estimate of drug-likeness (QED) is 0.851. The molecule has 1 aromatic heterocycles. The van der Waals surface area contributed by atoms with Crippen LogP contribution in [0.1, 0.15) is 36.0 Å². The molecule has 0 aromatic carbocycles. The van der Waals surface area contributed by atoms with Gasteiger partial charge in [-0.1, -0.05) is 25.7 Å². The van der Waals surface area contributed by atoms with Crippen molar-refractivity contribution in [2.75, 3.05) is 13.6 Å². The highest BCUT2D eigenvalue weighted by Crippen LogP contribution is 2.17. The minimum atomic E-state index is 0.0493. The first-order valence-corrected chi connectivity index (χ1v) is 6.90. The van der Waals surface area contributed by atoms with E-state index in [9.17, 15) is 4.79 Å². The van der Waals surface area contributed by atoms with Gasteiger partial charge in [0.25, 0.3) is 5.91 Å². The number of nitrogens with two attached hydrogens (primary N) is 1. The van der Waals surface area contributed by atoms with Crippen molar-refractivity contribution in [1.29, 1.82) is 0 Å². The number of hydrogen-bond donors (Lipinski definition) is 1. The van der Waals surface area contributed by atoms with Crippen molar-refractivity contribution in [3.63, 3.8) is 0 Å². The Kier molecular flexibility index (Phi) is 5.39. The first kappa shape index (κ1) is 14.7. The van der Waals surface area contributed by atoms with Gasteiger partial charge >= 0.3 is 0 Å². The van der Waals surface area contributed by atoms with Crippen LogP contribution < -0.4 is 5.73 Å². The number of nitrogens with zero attached hydrogens (tertiary/aromatic N) is 1. The summed E-state index contributed by atoms with van der Waals surface area (Å²) < 4.78 is 0. The van der Waals surface area contributed by atoms with Crippen LogP contribution in [0.5, 0.6) is 0 Å². The van der Waals surface area contributed by atoms with Gasteiger partial charge in [-0.25, -0.2) is 0 Å². The van der Waals surface area contributed by atoms with Gasteiger partial charge in [-0.3, -0.25) is 4.79 Å². The van der Waals surface area contributed by atoms with E-state index in [1.54, 1.807) is 4.90 Å². The Labute approximate surface area is 113 Å². The Morgan fingerprint density at radius 1 is 1.50 bits per heavy atom. The zero-order valence-corrected chi connectivity index (χ0v) is 12.2. The smallest absolute Gasteiger partial charge is 0.254 e. The Bertz CT molecular complexity index is 468. The molecule has 1 atom stereocenters. The van der Waals surface area contributed by atoms with E-state index >= 15 is 0 Å². The summed E-state index contributed by atoms with van der Waals surface area (Å²) in [6, 6.07) is 2.05. The molecular weight excluding hydrogens is 244 g/mol. The topological polar surface area (TPSA) is 46.3 Å². The van der Waals surface area contributed by atoms with Crippen molar-refractivity contribution in [3.8, 4) is 11.8 Å². The zero-order valence-electron chi connectivity index (χ0n) is 11.4. The predicted molar refractivity (Wildman–Crippen MR) is 76.6 cm³/mol. The van der Waals surface area contributed by atoms with E-state index in [1.165, 1.54) is 11.3 Å². The fourth-order valence-corrected chi connectivity index (χ4v) is 2.24. The number of carbonyl (C=O) groups excluding carboxylic acids is 1. The van der Waals surface area contributed by atoms with Crippen LogP contribution >= 0.6 is 11.3 Å². The van der Waals surface area contributed by atoms with Gasteiger partial charge in [-0.05, 0) is 18.9 Å². The second kappa shape index (κ2) is 6.58. The molecule has 0 aliphatic carbocycles. The van der Waals surface area contributed by atoms with E-state index < -0.39 is 0 Å². The van der Waals surface area contributed by atoms with Gasteiger partial charge in [0.2, 0.25) is 0 Å². The molecule has 0 saturated heterocycles. The lowest BCUT2D eigenvalue weighted by Crippen LogP contribution is -2.38. The summed E-state index contributed by atoms with van der Waals surface area (Å²) in [5, 5.41) is 1.85. The summed E-state index contributed by atoms with van der Waals surface area (Å²) >= 11 is 1.48. The van der Waals surface area contributed by atoms with Crippen LogP contribution in [0.3, 0.4) is 0 Å². The summed E-state index contributed by atoms with van der Waals surface area (Å²) in [4.78, 5) is 14.9. The maximum atomic E-state index is 12.2. The molecule has 98 valence electrons. The van der Waals surface area contributed by atoms with E-state index in [1.807, 2.05) is 18.5 Å². The Morgan fingerprint density at radius 3 is 2.72 bits per heavy atom. The number of amides is 1. The van der Waals surface area contributed by atoms with Crippen molar-refractivity contribution in [2.45, 2.75) is 26.8 Å². The molecule has 0 spiro atoms. The number of carbonyl (C=O) groups is 1. The average Bonchev–Trinajstić information content (AvgIpc) is 2.82. The van der Waals surface area contributed by atoms with Crippen LogP contribution in [0.2, 0.25) is 0 Å². The van der Waals surface area contributed by atoms with Crippen LogP contribution in [-0.2, 0) is 0 Å². The van der Waals surface area contributed by atoms with Crippen molar-refractivity contribution < 1.29 is 4.79 Å². The molecule has 0 saturated carbocycles. The van der Waals surface area contributed by atoms with Crippen molar-refractivity contribution in [1.82, 2.24) is 4.90 Å². The maximum Gasteiger partial charge on any atom is 0.254 e. The van der Waals surface area contributed by atoms with Gasteiger partial charge in [0.1, 0.15) is 0 Å². The standard InChI is InChI=1S/C14H20N2OS/c1-10(2)11(3)16(4)14(17)12-8-13(18-9-12)6-5-7-15/h8-11H,7,15H2,1-4H3. The Balaban J connectivity index is 2.81. The molecule has 1 unspecified atom stereocenters. The molecule has 4 heteroatoms. The third-order valence-electron chi connectivity index (χ3n) is 3.06. The van der Waals surface area contributed by atoms with E-state index in [0.29, 0.717) is 18.0 Å². The molecule has 0 aliphatic heterocycles. The summed E-state index contributed by atoms with van der Waals surface area (Å²) in [6.45, 7) is 6.62. The third kappa shape index (κ3) is 3.59. The summed E-state index contributed by atoms with van der Waals surface area (Å²) in [5.74, 6) is 6.22. The van der Waals surface area contributed by atoms with Gasteiger partial charge in [0.15, 0.2) is 0 Å². The molecule has 1 aromatic rings. The summed E-state index contributed by atoms with van der Waals surface area (Å²) in [7, 11) is 1.84. The fraction of sp³-hybridized carbons (Fsp3) is 0.500. The monoisotopic (exact) mass is 264 g/mol. The first-order valence-electron chi connectivity index (χ1n) is 6.02. The van der Waals surface area contributed by atoms with Crippen molar-refractivity contribution in [2.24, 2.45) is 11.7 Å². The largest absolute Gasteiger partial charge is 0.339 e. The third-order valence-corrected chi connectivity index (χ3v) is 3.90. The van der Waals surface area contributed by atoms with Crippen LogP contribution in [0.25, 0.3) is 0 Å². The molecule has 1 rings (SSSR count). The zero-order chi connectivity index (χ0) is 13.7. The van der Waals surface area contributed by atoms with Gasteiger partial charge in [0, 0.05) is 18.5 Å². The highest BCUT2D eigenvalue weighted by Gasteiger charge is 2.20. The van der Waals surface area contributed by atoms with Crippen LogP contribution in [0, 0.1) is 17.8 Å². The number of rotatable bonds is 3. The highest BCUT2D eigenvalue weighted by atomic mass is 32.1. The van der Waals surface area contributed by atoms with Gasteiger partial charge in [-0.15, -0.1) is 11.3 Å². The lowest BCUT2D eigenvalue weighted by Gasteiger charge is -2.27. The molecule has 3 nitrogen and oxygen atoms in total. The Morgan fingerprint density at radius 2 is 2.17 bits per heavy atom. The molecule has 18 heavy (non-hydrogen) atoms. The molecule has 0 radical (unpaired) electrons. The van der Waals surface area contributed by atoms with E-state index in [0.717, 1.165) is 4.88 Å². The molecule has 0 fully saturated rings. The molecule has 1 heterocycles. The highest BCUT2D eigenvalue weighted by molar-refractivity contribution is 7.10. The van der Waals surface area contributed by atoms with Crippen LogP contribution in [0.15, 0.2) is 11.4 Å². The lowest BCUT2D eigenvalue weighted by atomic mass is 10.0. The van der Waals surface area contributed by atoms with E-state index in [-0.39, 0.29) is 11.9 Å². The SMILES string of the molecule is CC(C)C(C)N(C)C(=O)c1csc(C#CCN)c1. The van der Waals surface area contributed by atoms with E-state index in [2.05, 4.69) is 32.6 Å². The second-order valence-corrected chi connectivity index (χ2v) is 5.52. The molecule has 0 aliphatic rings. The van der Waals surface area contributed by atoms with Gasteiger partial charge < -0.3 is 10.6 Å². The van der Waals surface area contributed by atoms with Gasteiger partial charge in [0.05, 0.1) is 17.0 Å². The van der Waals surface area contributed by atoms with Crippen molar-refractivity contribution >= 4 is 17.2 Å². The molecule has 2 N–H and O–H groups in total. The maximum absolute atomic E-state index is 12.2. The average molecular weight is 264 g/mol. The second-order valence-electron chi connectivity index (χ2n) is 4.61. The van der Waals surface area contributed by atoms with Crippen LogP contribution in [0.4, 0.5) is 0 Å². The van der Waals surface area contributed by atoms with E-state index in [4.69, 9.17) is 5.73 Å². The fourth-order valence-electron chi connectivity index (χ4n) is 1.49. The summed E-state index contributed by atoms with van der Waals surface area (Å²) in [6.07, 6.45) is 0. The number of hydrogen-bond acceptors (Lipinski definition) is 3. The molecule has 0 bridgehead atoms. The molecule has 1 amide bonds. The minimum Gasteiger partial charge on any atom is -0.339 e. The summed E-state index contributed by atoms with van der Waals surface area (Å²) in [5.41, 5.74) is 6.02. The number of thiophene rings is 1. The Hall–Kier alpha value is -1.31. The predicted octanol–water partition coefficient (Wildman–Crippen LogP) is 2.17. The first-order chi connectivity index (χ1) is 8.47. The minimum absolute atomic E-state index is 0.0493. The van der Waals surface area contributed by atoms with Crippen LogP contribution in [-0.4, -0.2) is 30.4 Å². The normalized spacial score (nSPS) is 11.9. The van der Waals surface area contributed by atoms with Gasteiger partial charge in [-0.2, -0.15) is 0 Å². The molecular formula is C14H20N2OS. The lowest BCUT2D eigenvalue weighted by molar-refractivity contribution is 0.0707.